The van der Waals surface area contributed by atoms with Gasteiger partial charge in [0, 0.05) is 17.3 Å². The molecule has 1 heterocycles. The number of pyridine rings is 1. The second-order valence-electron chi connectivity index (χ2n) is 4.86. The summed E-state index contributed by atoms with van der Waals surface area (Å²) in [6.07, 6.45) is 1.21. The van der Waals surface area contributed by atoms with Gasteiger partial charge in [0.1, 0.15) is 6.54 Å². The van der Waals surface area contributed by atoms with Crippen LogP contribution in [-0.2, 0) is 14.3 Å². The molecule has 1 aromatic carbocycles. The molecule has 2 rings (SSSR count). The molecule has 2 aromatic rings. The SMILES string of the molecule is COC(=O)CNC(=O)/C(O)=C/c1cccc(-c2cccc(N)c2)n1. The molecule has 124 valence electrons. The standard InChI is InChI=1S/C17H17N3O4/c1-24-16(22)10-19-17(23)15(21)9-13-6-3-7-14(20-13)11-4-2-5-12(18)8-11/h2-9,21H,10,18H2,1H3,(H,19,23)/b15-9-. The zero-order valence-corrected chi connectivity index (χ0v) is 13.0. The molecule has 7 heteroatoms. The van der Waals surface area contributed by atoms with E-state index in [0.29, 0.717) is 17.1 Å². The second kappa shape index (κ2) is 7.77. The average molecular weight is 327 g/mol. The number of rotatable bonds is 5. The van der Waals surface area contributed by atoms with Crippen LogP contribution in [0.5, 0.6) is 0 Å². The molecule has 4 N–H and O–H groups in total. The van der Waals surface area contributed by atoms with E-state index in [-0.39, 0.29) is 6.54 Å². The van der Waals surface area contributed by atoms with Crippen molar-refractivity contribution >= 4 is 23.6 Å². The van der Waals surface area contributed by atoms with Crippen molar-refractivity contribution in [3.8, 4) is 11.3 Å². The number of benzene rings is 1. The number of carbonyl (C=O) groups excluding carboxylic acids is 2. The van der Waals surface area contributed by atoms with Gasteiger partial charge in [-0.1, -0.05) is 18.2 Å². The van der Waals surface area contributed by atoms with Gasteiger partial charge in [0.15, 0.2) is 5.76 Å². The maximum absolute atomic E-state index is 11.7. The summed E-state index contributed by atoms with van der Waals surface area (Å²) in [4.78, 5) is 27.0. The maximum Gasteiger partial charge on any atom is 0.325 e. The molecule has 0 saturated heterocycles. The highest BCUT2D eigenvalue weighted by Gasteiger charge is 2.10. The molecule has 1 aromatic heterocycles. The molecule has 0 fully saturated rings. The van der Waals surface area contributed by atoms with E-state index in [0.717, 1.165) is 5.56 Å². The first kappa shape index (κ1) is 17.0. The normalized spacial score (nSPS) is 11.0. The third-order valence-electron chi connectivity index (χ3n) is 3.09. The van der Waals surface area contributed by atoms with Crippen molar-refractivity contribution in [1.82, 2.24) is 10.3 Å². The lowest BCUT2D eigenvalue weighted by Gasteiger charge is -2.05. The Bertz CT molecular complexity index is 787. The summed E-state index contributed by atoms with van der Waals surface area (Å²) in [5.41, 5.74) is 8.23. The van der Waals surface area contributed by atoms with Crippen LogP contribution in [0.2, 0.25) is 0 Å². The molecule has 0 radical (unpaired) electrons. The fraction of sp³-hybridized carbons (Fsp3) is 0.118. The van der Waals surface area contributed by atoms with Crippen molar-refractivity contribution in [3.05, 3.63) is 53.9 Å². The number of nitrogens with one attached hydrogen (secondary N) is 1. The van der Waals surface area contributed by atoms with E-state index in [1.807, 2.05) is 12.1 Å². The Hall–Kier alpha value is -3.35. The Morgan fingerprint density at radius 1 is 1.29 bits per heavy atom. The van der Waals surface area contributed by atoms with Crippen LogP contribution < -0.4 is 11.1 Å². The zero-order chi connectivity index (χ0) is 17.5. The number of aliphatic hydroxyl groups excluding tert-OH is 1. The van der Waals surface area contributed by atoms with E-state index in [2.05, 4.69) is 15.0 Å². The van der Waals surface area contributed by atoms with Crippen LogP contribution >= 0.6 is 0 Å². The average Bonchev–Trinajstić information content (AvgIpc) is 2.59. The van der Waals surface area contributed by atoms with Crippen LogP contribution in [0.25, 0.3) is 17.3 Å². The predicted molar refractivity (Wildman–Crippen MR) is 89.7 cm³/mol. The number of anilines is 1. The fourth-order valence-corrected chi connectivity index (χ4v) is 1.91. The fourth-order valence-electron chi connectivity index (χ4n) is 1.91. The van der Waals surface area contributed by atoms with Crippen molar-refractivity contribution in [1.29, 1.82) is 0 Å². The molecule has 1 amide bonds. The van der Waals surface area contributed by atoms with Gasteiger partial charge in [-0.25, -0.2) is 4.98 Å². The molecule has 0 spiro atoms. The first-order chi connectivity index (χ1) is 11.5. The lowest BCUT2D eigenvalue weighted by molar-refractivity contribution is -0.140. The second-order valence-corrected chi connectivity index (χ2v) is 4.86. The van der Waals surface area contributed by atoms with E-state index in [9.17, 15) is 14.7 Å². The smallest absolute Gasteiger partial charge is 0.325 e. The molecule has 0 unspecified atom stereocenters. The first-order valence-electron chi connectivity index (χ1n) is 7.08. The summed E-state index contributed by atoms with van der Waals surface area (Å²) < 4.78 is 4.40. The van der Waals surface area contributed by atoms with Crippen LogP contribution in [0.3, 0.4) is 0 Å². The van der Waals surface area contributed by atoms with Crippen LogP contribution in [0.1, 0.15) is 5.69 Å². The molecular weight excluding hydrogens is 310 g/mol. The van der Waals surface area contributed by atoms with E-state index in [1.165, 1.54) is 13.2 Å². The largest absolute Gasteiger partial charge is 0.503 e. The lowest BCUT2D eigenvalue weighted by atomic mass is 10.1. The maximum atomic E-state index is 11.7. The Labute approximate surface area is 138 Å². The number of nitrogens with zero attached hydrogens (tertiary/aromatic N) is 1. The number of nitrogens with two attached hydrogens (primary N) is 1. The number of hydrogen-bond acceptors (Lipinski definition) is 6. The van der Waals surface area contributed by atoms with Crippen molar-refractivity contribution in [2.75, 3.05) is 19.4 Å². The molecule has 24 heavy (non-hydrogen) atoms. The Morgan fingerprint density at radius 3 is 2.75 bits per heavy atom. The summed E-state index contributed by atoms with van der Waals surface area (Å²) in [5, 5.41) is 12.0. The molecular formula is C17H17N3O4. The van der Waals surface area contributed by atoms with Gasteiger partial charge >= 0.3 is 5.97 Å². The number of nitrogen functional groups attached to an aromatic ring is 1. The van der Waals surface area contributed by atoms with Crippen LogP contribution in [0, 0.1) is 0 Å². The molecule has 0 bridgehead atoms. The van der Waals surface area contributed by atoms with Gasteiger partial charge in [-0.2, -0.15) is 0 Å². The predicted octanol–water partition coefficient (Wildman–Crippen LogP) is 1.52. The van der Waals surface area contributed by atoms with Crippen molar-refractivity contribution in [3.63, 3.8) is 0 Å². The van der Waals surface area contributed by atoms with Gasteiger partial charge in [0.05, 0.1) is 18.5 Å². The minimum absolute atomic E-state index is 0.329. The summed E-state index contributed by atoms with van der Waals surface area (Å²) >= 11 is 0. The number of aromatic nitrogens is 1. The number of ether oxygens (including phenoxy) is 1. The summed E-state index contributed by atoms with van der Waals surface area (Å²) in [7, 11) is 1.20. The summed E-state index contributed by atoms with van der Waals surface area (Å²) in [6.45, 7) is -0.329. The first-order valence-corrected chi connectivity index (χ1v) is 7.08. The molecule has 0 aliphatic heterocycles. The Morgan fingerprint density at radius 2 is 2.04 bits per heavy atom. The van der Waals surface area contributed by atoms with Crippen molar-refractivity contribution in [2.45, 2.75) is 0 Å². The highest BCUT2D eigenvalue weighted by Crippen LogP contribution is 2.20. The highest BCUT2D eigenvalue weighted by molar-refractivity contribution is 5.96. The minimum atomic E-state index is -0.795. The molecule has 0 saturated carbocycles. The molecule has 7 nitrogen and oxygen atoms in total. The topological polar surface area (TPSA) is 115 Å². The highest BCUT2D eigenvalue weighted by atomic mass is 16.5. The van der Waals surface area contributed by atoms with Crippen molar-refractivity contribution < 1.29 is 19.4 Å². The minimum Gasteiger partial charge on any atom is -0.503 e. The number of esters is 1. The third kappa shape index (κ3) is 4.57. The molecule has 0 aliphatic rings. The van der Waals surface area contributed by atoms with Gasteiger partial charge < -0.3 is 20.9 Å². The van der Waals surface area contributed by atoms with Gasteiger partial charge in [-0.05, 0) is 24.3 Å². The van der Waals surface area contributed by atoms with Crippen LogP contribution in [0.15, 0.2) is 48.2 Å². The van der Waals surface area contributed by atoms with E-state index >= 15 is 0 Å². The number of methoxy groups -OCH3 is 1. The third-order valence-corrected chi connectivity index (χ3v) is 3.09. The van der Waals surface area contributed by atoms with E-state index in [1.54, 1.807) is 30.3 Å². The van der Waals surface area contributed by atoms with Gasteiger partial charge in [-0.3, -0.25) is 9.59 Å². The lowest BCUT2D eigenvalue weighted by Crippen LogP contribution is -2.31. The monoisotopic (exact) mass is 327 g/mol. The zero-order valence-electron chi connectivity index (χ0n) is 13.0. The number of carbonyl (C=O) groups is 2. The molecule has 0 atom stereocenters. The van der Waals surface area contributed by atoms with E-state index in [4.69, 9.17) is 5.73 Å². The van der Waals surface area contributed by atoms with Crippen molar-refractivity contribution in [2.24, 2.45) is 0 Å². The van der Waals surface area contributed by atoms with Gasteiger partial charge in [-0.15, -0.1) is 0 Å². The summed E-state index contributed by atoms with van der Waals surface area (Å²) in [5.74, 6) is -1.97. The Kier molecular flexibility index (Phi) is 5.51. The number of aliphatic hydroxyl groups is 1. The number of hydrogen-bond donors (Lipinski definition) is 3. The molecule has 0 aliphatic carbocycles. The quantitative estimate of drug-likeness (QED) is 0.332. The van der Waals surface area contributed by atoms with Crippen LogP contribution in [0.4, 0.5) is 5.69 Å². The summed E-state index contributed by atoms with van der Waals surface area (Å²) in [6, 6.07) is 12.4. The van der Waals surface area contributed by atoms with Crippen LogP contribution in [-0.4, -0.2) is 35.6 Å². The van der Waals surface area contributed by atoms with Gasteiger partial charge in [0.25, 0.3) is 5.91 Å². The number of amides is 1. The Balaban J connectivity index is 2.16. The van der Waals surface area contributed by atoms with E-state index < -0.39 is 17.6 Å². The van der Waals surface area contributed by atoms with Gasteiger partial charge in [0.2, 0.25) is 0 Å².